The zero-order chi connectivity index (χ0) is 17.1. The molecule has 0 unspecified atom stereocenters. The maximum absolute atomic E-state index is 11.8. The van der Waals surface area contributed by atoms with E-state index < -0.39 is 5.41 Å². The molecule has 0 aliphatic carbocycles. The van der Waals surface area contributed by atoms with Gasteiger partial charge in [0.15, 0.2) is 0 Å². The van der Waals surface area contributed by atoms with Crippen LogP contribution in [0.5, 0.6) is 0 Å². The lowest BCUT2D eigenvalue weighted by Gasteiger charge is -2.31. The normalized spacial score (nSPS) is 12.0. The Hall–Kier alpha value is -1.51. The van der Waals surface area contributed by atoms with Crippen LogP contribution in [0.3, 0.4) is 0 Å². The number of carbonyl (C=O) groups is 1. The molecule has 3 heteroatoms. The molecular formula is C19H32N2O. The Morgan fingerprint density at radius 2 is 1.64 bits per heavy atom. The molecule has 124 valence electrons. The zero-order valence-electron chi connectivity index (χ0n) is 15.2. The number of rotatable bonds is 7. The highest BCUT2D eigenvalue weighted by atomic mass is 16.1. The number of hydrogen-bond donors (Lipinski definition) is 1. The van der Waals surface area contributed by atoms with E-state index in [4.69, 9.17) is 5.73 Å². The third-order valence-corrected chi connectivity index (χ3v) is 4.14. The Morgan fingerprint density at radius 3 is 2.00 bits per heavy atom. The Labute approximate surface area is 135 Å². The van der Waals surface area contributed by atoms with Gasteiger partial charge in [0.25, 0.3) is 0 Å². The van der Waals surface area contributed by atoms with Crippen LogP contribution in [0.25, 0.3) is 0 Å². The van der Waals surface area contributed by atoms with E-state index in [0.29, 0.717) is 11.8 Å². The highest BCUT2D eigenvalue weighted by molar-refractivity contribution is 5.88. The van der Waals surface area contributed by atoms with Gasteiger partial charge >= 0.3 is 0 Å². The number of Topliss-reactive ketones (excluding diaryl/α,β-unsaturated/α-hetero) is 1. The minimum Gasteiger partial charge on any atom is -0.397 e. The molecule has 0 heterocycles. The van der Waals surface area contributed by atoms with Crippen molar-refractivity contribution in [3.8, 4) is 0 Å². The molecule has 0 amide bonds. The first-order valence-corrected chi connectivity index (χ1v) is 8.21. The van der Waals surface area contributed by atoms with Gasteiger partial charge in [-0.1, -0.05) is 33.8 Å². The Bertz CT molecular complexity index is 508. The van der Waals surface area contributed by atoms with E-state index in [9.17, 15) is 4.79 Å². The topological polar surface area (TPSA) is 46.3 Å². The van der Waals surface area contributed by atoms with Gasteiger partial charge in [-0.05, 0) is 50.3 Å². The van der Waals surface area contributed by atoms with E-state index >= 15 is 0 Å². The minimum atomic E-state index is -0.492. The summed E-state index contributed by atoms with van der Waals surface area (Å²) in [6.07, 6.45) is 0. The lowest BCUT2D eigenvalue weighted by molar-refractivity contribution is -0.121. The summed E-state index contributed by atoms with van der Waals surface area (Å²) < 4.78 is 0. The molecule has 22 heavy (non-hydrogen) atoms. The number of anilines is 2. The molecule has 0 saturated heterocycles. The van der Waals surface area contributed by atoms with E-state index in [-0.39, 0.29) is 5.78 Å². The number of benzene rings is 1. The van der Waals surface area contributed by atoms with Crippen LogP contribution in [0.15, 0.2) is 18.2 Å². The molecular weight excluding hydrogens is 272 g/mol. The summed E-state index contributed by atoms with van der Waals surface area (Å²) in [6, 6.07) is 6.07. The molecule has 1 rings (SSSR count). The molecule has 0 fully saturated rings. The highest BCUT2D eigenvalue weighted by Gasteiger charge is 2.27. The molecule has 0 spiro atoms. The number of carbonyl (C=O) groups excluding carboxylic acids is 1. The van der Waals surface area contributed by atoms with Gasteiger partial charge in [-0.25, -0.2) is 0 Å². The van der Waals surface area contributed by atoms with Crippen molar-refractivity contribution in [3.63, 3.8) is 0 Å². The molecule has 2 N–H and O–H groups in total. The van der Waals surface area contributed by atoms with Crippen LogP contribution in [0.1, 0.15) is 54.0 Å². The van der Waals surface area contributed by atoms with Crippen molar-refractivity contribution in [2.24, 2.45) is 11.8 Å². The van der Waals surface area contributed by atoms with Gasteiger partial charge in [-0.3, -0.25) is 4.79 Å². The molecule has 1 aromatic carbocycles. The molecule has 0 atom stereocenters. The number of nitrogens with two attached hydrogens (primary N) is 1. The summed E-state index contributed by atoms with van der Waals surface area (Å²) in [7, 11) is 0. The molecule has 0 radical (unpaired) electrons. The fraction of sp³-hybridized carbons (Fsp3) is 0.632. The third kappa shape index (κ3) is 4.49. The molecule has 0 aromatic heterocycles. The number of nitrogen functional groups attached to an aromatic ring is 1. The average molecular weight is 304 g/mol. The van der Waals surface area contributed by atoms with E-state index in [1.807, 2.05) is 26.0 Å². The number of ketones is 1. The summed E-state index contributed by atoms with van der Waals surface area (Å²) >= 11 is 0. The van der Waals surface area contributed by atoms with Gasteiger partial charge in [0.05, 0.1) is 11.4 Å². The predicted octanol–water partition coefficient (Wildman–Crippen LogP) is 4.25. The van der Waals surface area contributed by atoms with Crippen molar-refractivity contribution in [3.05, 3.63) is 23.8 Å². The number of hydrogen-bond acceptors (Lipinski definition) is 3. The van der Waals surface area contributed by atoms with Crippen molar-refractivity contribution in [2.75, 3.05) is 23.7 Å². The summed E-state index contributed by atoms with van der Waals surface area (Å²) in [5, 5.41) is 0. The largest absolute Gasteiger partial charge is 0.397 e. The van der Waals surface area contributed by atoms with Crippen LogP contribution in [0.2, 0.25) is 0 Å². The third-order valence-electron chi connectivity index (χ3n) is 4.14. The van der Waals surface area contributed by atoms with E-state index in [1.54, 1.807) is 6.92 Å². The SMILES string of the molecule is CC(=O)C(C)(C)c1ccc(N(CC(C)C)CC(C)C)c(N)c1. The summed E-state index contributed by atoms with van der Waals surface area (Å²) in [5.74, 6) is 1.30. The van der Waals surface area contributed by atoms with Crippen molar-refractivity contribution in [1.82, 2.24) is 0 Å². The number of nitrogens with zero attached hydrogens (tertiary/aromatic N) is 1. The van der Waals surface area contributed by atoms with Crippen molar-refractivity contribution >= 4 is 17.2 Å². The second-order valence-electron chi connectivity index (χ2n) is 7.65. The standard InChI is InChI=1S/C19H32N2O/c1-13(2)11-21(12-14(3)4)18-9-8-16(10-17(18)20)19(6,7)15(5)22/h8-10,13-14H,11-12,20H2,1-7H3. The Kier molecular flexibility index (Phi) is 6.04. The monoisotopic (exact) mass is 304 g/mol. The van der Waals surface area contributed by atoms with Crippen LogP contribution < -0.4 is 10.6 Å². The molecule has 0 aliphatic rings. The summed E-state index contributed by atoms with van der Waals surface area (Å²) in [5.41, 5.74) is 8.64. The molecule has 0 bridgehead atoms. The van der Waals surface area contributed by atoms with Gasteiger partial charge in [0.2, 0.25) is 0 Å². The maximum Gasteiger partial charge on any atom is 0.139 e. The first-order chi connectivity index (χ1) is 10.1. The minimum absolute atomic E-state index is 0.154. The van der Waals surface area contributed by atoms with Crippen LogP contribution in [-0.4, -0.2) is 18.9 Å². The Morgan fingerprint density at radius 1 is 1.14 bits per heavy atom. The molecule has 3 nitrogen and oxygen atoms in total. The van der Waals surface area contributed by atoms with Crippen LogP contribution in [0, 0.1) is 11.8 Å². The fourth-order valence-electron chi connectivity index (χ4n) is 2.59. The van der Waals surface area contributed by atoms with Crippen molar-refractivity contribution < 1.29 is 4.79 Å². The van der Waals surface area contributed by atoms with Crippen LogP contribution in [0.4, 0.5) is 11.4 Å². The van der Waals surface area contributed by atoms with Gasteiger partial charge in [0.1, 0.15) is 5.78 Å². The van der Waals surface area contributed by atoms with Gasteiger partial charge in [-0.2, -0.15) is 0 Å². The van der Waals surface area contributed by atoms with Gasteiger partial charge in [-0.15, -0.1) is 0 Å². The first-order valence-electron chi connectivity index (χ1n) is 8.21. The predicted molar refractivity (Wildman–Crippen MR) is 96.5 cm³/mol. The van der Waals surface area contributed by atoms with Crippen molar-refractivity contribution in [1.29, 1.82) is 0 Å². The second-order valence-corrected chi connectivity index (χ2v) is 7.65. The lowest BCUT2D eigenvalue weighted by Crippen LogP contribution is -2.32. The second kappa shape index (κ2) is 7.17. The van der Waals surface area contributed by atoms with Crippen LogP contribution in [-0.2, 0) is 10.2 Å². The fourth-order valence-corrected chi connectivity index (χ4v) is 2.59. The zero-order valence-corrected chi connectivity index (χ0v) is 15.2. The summed E-state index contributed by atoms with van der Waals surface area (Å²) in [4.78, 5) is 14.2. The maximum atomic E-state index is 11.8. The first kappa shape index (κ1) is 18.5. The quantitative estimate of drug-likeness (QED) is 0.766. The lowest BCUT2D eigenvalue weighted by atomic mass is 9.81. The van der Waals surface area contributed by atoms with Crippen molar-refractivity contribution in [2.45, 2.75) is 53.9 Å². The molecule has 1 aromatic rings. The average Bonchev–Trinajstić information content (AvgIpc) is 2.36. The summed E-state index contributed by atoms with van der Waals surface area (Å²) in [6.45, 7) is 16.4. The van der Waals surface area contributed by atoms with E-state index in [0.717, 1.165) is 30.0 Å². The van der Waals surface area contributed by atoms with Gasteiger partial charge < -0.3 is 10.6 Å². The van der Waals surface area contributed by atoms with Crippen LogP contribution >= 0.6 is 0 Å². The molecule has 0 saturated carbocycles. The van der Waals surface area contributed by atoms with E-state index in [2.05, 4.69) is 38.7 Å². The molecule has 0 aliphatic heterocycles. The van der Waals surface area contributed by atoms with Gasteiger partial charge in [0, 0.05) is 18.5 Å². The highest BCUT2D eigenvalue weighted by Crippen LogP contribution is 2.32. The Balaban J connectivity index is 3.17. The smallest absolute Gasteiger partial charge is 0.139 e. The van der Waals surface area contributed by atoms with E-state index in [1.165, 1.54) is 0 Å².